The van der Waals surface area contributed by atoms with Gasteiger partial charge in [-0.1, -0.05) is 193 Å². The number of hydrogen-bond donors (Lipinski definition) is 0. The topological polar surface area (TPSA) is 41.3 Å². The molecule has 10 aromatic carbocycles. The molecule has 0 spiro atoms. The quantitative estimate of drug-likeness (QED) is 0.155. The Kier molecular flexibility index (Phi) is 12.3. The normalized spacial score (nSPS) is 15.4. The van der Waals surface area contributed by atoms with Crippen LogP contribution in [0, 0.1) is 6.92 Å². The predicted octanol–water partition coefficient (Wildman–Crippen LogP) is 21.9. The molecule has 3 aliphatic heterocycles. The van der Waals surface area contributed by atoms with Crippen molar-refractivity contribution in [1.29, 1.82) is 0 Å². The molecule has 1 aliphatic carbocycles. The van der Waals surface area contributed by atoms with Gasteiger partial charge in [0, 0.05) is 67.8 Å². The summed E-state index contributed by atoms with van der Waals surface area (Å²) in [5.74, 6) is 2.72. The van der Waals surface area contributed by atoms with Gasteiger partial charge in [0.25, 0.3) is 0 Å². The highest BCUT2D eigenvalue weighted by Crippen LogP contribution is 2.58. The van der Waals surface area contributed by atoms with Crippen molar-refractivity contribution >= 4 is 85.2 Å². The Morgan fingerprint density at radius 2 is 1.01 bits per heavy atom. The summed E-state index contributed by atoms with van der Waals surface area (Å²) in [7, 11) is 0. The molecule has 0 saturated heterocycles. The van der Waals surface area contributed by atoms with Crippen LogP contribution in [0.25, 0.3) is 44.2 Å². The molecule has 438 valence electrons. The Morgan fingerprint density at radius 3 is 1.64 bits per heavy atom. The molecule has 15 rings (SSSR count). The number of rotatable bonds is 6. The Morgan fingerprint density at radius 1 is 0.443 bits per heavy atom. The van der Waals surface area contributed by atoms with Gasteiger partial charge in [0.2, 0.25) is 0 Å². The maximum Gasteiger partial charge on any atom is 0.333 e. The van der Waals surface area contributed by atoms with Crippen LogP contribution in [0.2, 0.25) is 0 Å². The van der Waals surface area contributed by atoms with Crippen LogP contribution in [-0.2, 0) is 27.1 Å². The smallest absolute Gasteiger partial charge is 0.333 e. The SMILES string of the molecule is Cc1cc2c(cc1N1c3cc4c(cc3B3c5c(cc(N(c6ccc(C(C)(C)C)cc6)c6ccc(C(C)(C)C)cc6)cc51)-c1ccc5c(oc6ccccc65)c1N3c1ccc(C(C)(C)C)cc1-c1ccccc1)Oc1ccccc1O4)C(C)(C)CCC2(C)C. The monoisotopic (exact) mass is 1150 g/mol. The summed E-state index contributed by atoms with van der Waals surface area (Å²) in [4.78, 5) is 7.72. The van der Waals surface area contributed by atoms with Gasteiger partial charge in [0.05, 0.1) is 5.69 Å². The maximum absolute atomic E-state index is 7.38. The first-order valence-corrected chi connectivity index (χ1v) is 31.6. The average Bonchev–Trinajstić information content (AvgIpc) is 0.944. The number of nitrogens with zero attached hydrogens (tertiary/aromatic N) is 3. The third kappa shape index (κ3) is 8.88. The molecule has 0 bridgehead atoms. The van der Waals surface area contributed by atoms with Crippen molar-refractivity contribution < 1.29 is 13.9 Å². The second-order valence-electron chi connectivity index (χ2n) is 29.7. The van der Waals surface area contributed by atoms with Crippen LogP contribution in [-0.4, -0.2) is 6.85 Å². The van der Waals surface area contributed by atoms with Crippen LogP contribution in [0.4, 0.5) is 45.5 Å². The second-order valence-corrected chi connectivity index (χ2v) is 29.7. The molecule has 11 aromatic rings. The number of hydrogen-bond acceptors (Lipinski definition) is 6. The number of fused-ring (bicyclic) bond motifs is 11. The lowest BCUT2D eigenvalue weighted by molar-refractivity contribution is 0.332. The van der Waals surface area contributed by atoms with E-state index in [1.165, 1.54) is 38.8 Å². The summed E-state index contributed by atoms with van der Waals surface area (Å²) in [6, 6.07) is 72.5. The summed E-state index contributed by atoms with van der Waals surface area (Å²) in [6.07, 6.45) is 2.22. The molecule has 0 N–H and O–H groups in total. The number of furan rings is 1. The van der Waals surface area contributed by atoms with Crippen molar-refractivity contribution in [3.63, 3.8) is 0 Å². The van der Waals surface area contributed by atoms with Crippen molar-refractivity contribution in [2.24, 2.45) is 0 Å². The summed E-state index contributed by atoms with van der Waals surface area (Å²) in [5.41, 5.74) is 24.6. The molecule has 4 aliphatic rings. The Hall–Kier alpha value is -8.94. The lowest BCUT2D eigenvalue weighted by Gasteiger charge is -2.48. The number of anilines is 8. The highest BCUT2D eigenvalue weighted by molar-refractivity contribution is 6.94. The molecule has 0 radical (unpaired) electrons. The van der Waals surface area contributed by atoms with Gasteiger partial charge >= 0.3 is 6.85 Å². The molecular weight excluding hydrogens is 1070 g/mol. The summed E-state index contributed by atoms with van der Waals surface area (Å²) in [6.45, 7) is 32.3. The first kappa shape index (κ1) is 55.6. The van der Waals surface area contributed by atoms with Crippen molar-refractivity contribution in [3.05, 3.63) is 228 Å². The fraction of sp³-hybridized carbons (Fsp3) is 0.259. The zero-order valence-corrected chi connectivity index (χ0v) is 53.5. The molecular formula is C81H78BN3O3. The number of benzene rings is 10. The van der Waals surface area contributed by atoms with Crippen molar-refractivity contribution in [2.75, 3.05) is 14.6 Å². The second kappa shape index (κ2) is 19.5. The van der Waals surface area contributed by atoms with E-state index in [4.69, 9.17) is 13.9 Å². The highest BCUT2D eigenvalue weighted by Gasteiger charge is 2.49. The van der Waals surface area contributed by atoms with E-state index in [9.17, 15) is 0 Å². The van der Waals surface area contributed by atoms with Crippen molar-refractivity contribution in [2.45, 2.75) is 137 Å². The fourth-order valence-electron chi connectivity index (χ4n) is 14.6. The van der Waals surface area contributed by atoms with Gasteiger partial charge in [-0.15, -0.1) is 0 Å². The van der Waals surface area contributed by atoms with Crippen molar-refractivity contribution in [1.82, 2.24) is 0 Å². The maximum atomic E-state index is 7.38. The molecule has 1 aromatic heterocycles. The van der Waals surface area contributed by atoms with Gasteiger partial charge in [-0.05, 0) is 187 Å². The minimum atomic E-state index is -0.426. The van der Waals surface area contributed by atoms with Crippen LogP contribution in [0.15, 0.2) is 199 Å². The van der Waals surface area contributed by atoms with Gasteiger partial charge < -0.3 is 28.5 Å². The Bertz CT molecular complexity index is 4590. The van der Waals surface area contributed by atoms with Crippen LogP contribution in [0.5, 0.6) is 23.0 Å². The van der Waals surface area contributed by atoms with E-state index in [1.807, 2.05) is 24.3 Å². The molecule has 0 saturated carbocycles. The largest absolute Gasteiger partial charge is 0.454 e. The molecule has 0 amide bonds. The Balaban J connectivity index is 1.11. The summed E-state index contributed by atoms with van der Waals surface area (Å²) in [5, 5.41) is 2.15. The van der Waals surface area contributed by atoms with Gasteiger partial charge in [-0.3, -0.25) is 0 Å². The van der Waals surface area contributed by atoms with E-state index in [2.05, 4.69) is 281 Å². The summed E-state index contributed by atoms with van der Waals surface area (Å²) >= 11 is 0. The average molecular weight is 1150 g/mol. The third-order valence-corrected chi connectivity index (χ3v) is 19.7. The van der Waals surface area contributed by atoms with E-state index < -0.39 is 6.85 Å². The molecule has 4 heterocycles. The molecule has 7 heteroatoms. The predicted molar refractivity (Wildman–Crippen MR) is 370 cm³/mol. The van der Waals surface area contributed by atoms with Crippen LogP contribution in [0.1, 0.15) is 136 Å². The van der Waals surface area contributed by atoms with Crippen LogP contribution in [0.3, 0.4) is 0 Å². The zero-order chi connectivity index (χ0) is 61.1. The molecule has 88 heavy (non-hydrogen) atoms. The fourth-order valence-corrected chi connectivity index (χ4v) is 14.6. The lowest BCUT2D eigenvalue weighted by Crippen LogP contribution is -2.61. The number of para-hydroxylation sites is 3. The van der Waals surface area contributed by atoms with Crippen LogP contribution < -0.4 is 35.0 Å². The van der Waals surface area contributed by atoms with Gasteiger partial charge in [0.15, 0.2) is 28.6 Å². The van der Waals surface area contributed by atoms with Gasteiger partial charge in [0.1, 0.15) is 5.58 Å². The standard InChI is InChI=1S/C81H78BN3O3/c1-49-42-62-63(81(13,14)41-40-80(62,11)12)46-66(49)84-67-48-73-72(86-70-26-20-21-27-71(70)87-73)47-64(67)82-74-61(44-56(45-68(74)84)83(54-33-28-51(29-34-54)77(2,3)4)55-35-30-52(31-36-55)78(5,6)7)58-37-38-59-57-24-18-19-25-69(57)88-76(59)75(58)85(82)65-39-32-53(79(8,9)10)43-60(65)50-22-16-15-17-23-50/h15-39,42-48H,40-41H2,1-14H3. The molecule has 0 atom stereocenters. The Labute approximate surface area is 520 Å². The van der Waals surface area contributed by atoms with E-state index in [0.717, 1.165) is 108 Å². The highest BCUT2D eigenvalue weighted by atomic mass is 16.6. The van der Waals surface area contributed by atoms with Crippen LogP contribution >= 0.6 is 0 Å². The van der Waals surface area contributed by atoms with Gasteiger partial charge in [-0.25, -0.2) is 0 Å². The van der Waals surface area contributed by atoms with Crippen molar-refractivity contribution in [3.8, 4) is 45.3 Å². The summed E-state index contributed by atoms with van der Waals surface area (Å²) < 4.78 is 21.5. The number of ether oxygens (including phenoxy) is 2. The minimum Gasteiger partial charge on any atom is -0.454 e. The van der Waals surface area contributed by atoms with E-state index in [0.29, 0.717) is 23.0 Å². The van der Waals surface area contributed by atoms with Gasteiger partial charge in [-0.2, -0.15) is 0 Å². The molecule has 0 fully saturated rings. The first-order valence-electron chi connectivity index (χ1n) is 31.6. The molecule has 0 unspecified atom stereocenters. The van der Waals surface area contributed by atoms with E-state index in [-0.39, 0.29) is 27.1 Å². The van der Waals surface area contributed by atoms with E-state index >= 15 is 0 Å². The minimum absolute atomic E-state index is 0.00649. The lowest BCUT2D eigenvalue weighted by atomic mass is 9.43. The first-order chi connectivity index (χ1) is 41.9. The third-order valence-electron chi connectivity index (χ3n) is 19.7. The molecule has 6 nitrogen and oxygen atoms in total. The van der Waals surface area contributed by atoms with E-state index in [1.54, 1.807) is 0 Å². The number of aryl methyl sites for hydroxylation is 1. The zero-order valence-electron chi connectivity index (χ0n) is 53.5.